The van der Waals surface area contributed by atoms with Crippen LogP contribution in [0.15, 0.2) is 37.1 Å². The van der Waals surface area contributed by atoms with Crippen molar-refractivity contribution in [1.29, 1.82) is 0 Å². The van der Waals surface area contributed by atoms with Crippen LogP contribution in [0.5, 0.6) is 0 Å². The minimum atomic E-state index is 0.805. The third-order valence-corrected chi connectivity index (χ3v) is 1.84. The average Bonchev–Trinajstić information content (AvgIpc) is 2.29. The SMILES string of the molecule is c1cnc(CCc2cnccn2)nc1. The van der Waals surface area contributed by atoms with Crippen LogP contribution in [0.3, 0.4) is 0 Å². The summed E-state index contributed by atoms with van der Waals surface area (Å²) in [5, 5.41) is 0. The van der Waals surface area contributed by atoms with E-state index in [4.69, 9.17) is 0 Å². The number of hydrogen-bond acceptors (Lipinski definition) is 4. The van der Waals surface area contributed by atoms with Crippen molar-refractivity contribution in [1.82, 2.24) is 19.9 Å². The van der Waals surface area contributed by atoms with Crippen molar-refractivity contribution in [2.45, 2.75) is 12.8 Å². The van der Waals surface area contributed by atoms with Gasteiger partial charge in [0.05, 0.1) is 5.69 Å². The quantitative estimate of drug-likeness (QED) is 0.719. The Bertz CT molecular complexity index is 334. The molecule has 0 saturated heterocycles. The van der Waals surface area contributed by atoms with E-state index in [9.17, 15) is 0 Å². The lowest BCUT2D eigenvalue weighted by atomic mass is 10.2. The lowest BCUT2D eigenvalue weighted by molar-refractivity contribution is 0.829. The van der Waals surface area contributed by atoms with E-state index in [-0.39, 0.29) is 0 Å². The van der Waals surface area contributed by atoms with E-state index in [2.05, 4.69) is 19.9 Å². The zero-order chi connectivity index (χ0) is 9.64. The standard InChI is InChI=1S/C10H10N4/c1-4-13-10(14-5-1)3-2-9-8-11-6-7-12-9/h1,4-8H,2-3H2. The van der Waals surface area contributed by atoms with E-state index in [0.717, 1.165) is 24.4 Å². The van der Waals surface area contributed by atoms with Gasteiger partial charge in [-0.3, -0.25) is 9.97 Å². The van der Waals surface area contributed by atoms with E-state index in [1.165, 1.54) is 0 Å². The van der Waals surface area contributed by atoms with Gasteiger partial charge in [0.15, 0.2) is 0 Å². The highest BCUT2D eigenvalue weighted by atomic mass is 14.8. The normalized spacial score (nSPS) is 10.0. The van der Waals surface area contributed by atoms with Crippen LogP contribution >= 0.6 is 0 Å². The van der Waals surface area contributed by atoms with Gasteiger partial charge in [0.2, 0.25) is 0 Å². The molecule has 2 rings (SSSR count). The van der Waals surface area contributed by atoms with Crippen molar-refractivity contribution >= 4 is 0 Å². The van der Waals surface area contributed by atoms with Gasteiger partial charge in [0.25, 0.3) is 0 Å². The Balaban J connectivity index is 1.96. The molecule has 2 aromatic heterocycles. The minimum absolute atomic E-state index is 0.805. The topological polar surface area (TPSA) is 51.6 Å². The molecule has 4 nitrogen and oxygen atoms in total. The largest absolute Gasteiger partial charge is 0.261 e. The van der Waals surface area contributed by atoms with Crippen LogP contribution in [0.4, 0.5) is 0 Å². The van der Waals surface area contributed by atoms with Crippen LogP contribution in [0, 0.1) is 0 Å². The van der Waals surface area contributed by atoms with Gasteiger partial charge in [-0.2, -0.15) is 0 Å². The molecule has 0 spiro atoms. The van der Waals surface area contributed by atoms with Crippen LogP contribution in [-0.4, -0.2) is 19.9 Å². The first-order chi connectivity index (χ1) is 6.95. The van der Waals surface area contributed by atoms with E-state index >= 15 is 0 Å². The zero-order valence-corrected chi connectivity index (χ0v) is 7.67. The highest BCUT2D eigenvalue weighted by Gasteiger charge is 1.97. The van der Waals surface area contributed by atoms with E-state index in [0.29, 0.717) is 0 Å². The van der Waals surface area contributed by atoms with Crippen LogP contribution in [0.25, 0.3) is 0 Å². The minimum Gasteiger partial charge on any atom is -0.261 e. The van der Waals surface area contributed by atoms with Crippen molar-refractivity contribution in [2.75, 3.05) is 0 Å². The van der Waals surface area contributed by atoms with Gasteiger partial charge < -0.3 is 0 Å². The second-order valence-electron chi connectivity index (χ2n) is 2.86. The Hall–Kier alpha value is -1.84. The Morgan fingerprint density at radius 1 is 0.857 bits per heavy atom. The van der Waals surface area contributed by atoms with Crippen LogP contribution in [0.2, 0.25) is 0 Å². The van der Waals surface area contributed by atoms with Crippen molar-refractivity contribution in [3.05, 3.63) is 48.6 Å². The van der Waals surface area contributed by atoms with Crippen molar-refractivity contribution in [3.63, 3.8) is 0 Å². The average molecular weight is 186 g/mol. The lowest BCUT2D eigenvalue weighted by Gasteiger charge is -1.98. The zero-order valence-electron chi connectivity index (χ0n) is 7.67. The molecular formula is C10H10N4. The molecular weight excluding hydrogens is 176 g/mol. The van der Waals surface area contributed by atoms with Gasteiger partial charge in [-0.1, -0.05) is 0 Å². The van der Waals surface area contributed by atoms with Gasteiger partial charge in [-0.15, -0.1) is 0 Å². The first-order valence-corrected chi connectivity index (χ1v) is 4.46. The lowest BCUT2D eigenvalue weighted by Crippen LogP contribution is -1.98. The summed E-state index contributed by atoms with van der Waals surface area (Å²) >= 11 is 0. The van der Waals surface area contributed by atoms with Crippen LogP contribution in [-0.2, 0) is 12.8 Å². The second kappa shape index (κ2) is 4.41. The fourth-order valence-corrected chi connectivity index (χ4v) is 1.16. The number of hydrogen-bond donors (Lipinski definition) is 0. The number of aromatic nitrogens is 4. The molecule has 0 N–H and O–H groups in total. The predicted octanol–water partition coefficient (Wildman–Crippen LogP) is 1.05. The number of aryl methyl sites for hydroxylation is 2. The molecule has 0 aliphatic carbocycles. The molecule has 0 atom stereocenters. The van der Waals surface area contributed by atoms with Gasteiger partial charge in [0, 0.05) is 37.4 Å². The second-order valence-corrected chi connectivity index (χ2v) is 2.86. The van der Waals surface area contributed by atoms with E-state index in [1.807, 2.05) is 6.07 Å². The van der Waals surface area contributed by atoms with E-state index in [1.54, 1.807) is 31.0 Å². The number of rotatable bonds is 3. The maximum absolute atomic E-state index is 4.18. The summed E-state index contributed by atoms with van der Waals surface area (Å²) in [6.07, 6.45) is 10.3. The van der Waals surface area contributed by atoms with Crippen molar-refractivity contribution in [3.8, 4) is 0 Å². The fraction of sp³-hybridized carbons (Fsp3) is 0.200. The molecule has 0 amide bonds. The molecule has 70 valence electrons. The summed E-state index contributed by atoms with van der Waals surface area (Å²) in [5.41, 5.74) is 0.972. The molecule has 0 fully saturated rings. The summed E-state index contributed by atoms with van der Waals surface area (Å²) in [5.74, 6) is 0.846. The third-order valence-electron chi connectivity index (χ3n) is 1.84. The van der Waals surface area contributed by atoms with Gasteiger partial charge in [-0.25, -0.2) is 9.97 Å². The molecule has 14 heavy (non-hydrogen) atoms. The monoisotopic (exact) mass is 186 g/mol. The Labute approximate surface area is 82.1 Å². The molecule has 0 radical (unpaired) electrons. The summed E-state index contributed by atoms with van der Waals surface area (Å²) in [4.78, 5) is 16.4. The molecule has 4 heteroatoms. The molecule has 0 aliphatic heterocycles. The van der Waals surface area contributed by atoms with Crippen LogP contribution in [0.1, 0.15) is 11.5 Å². The first-order valence-electron chi connectivity index (χ1n) is 4.46. The van der Waals surface area contributed by atoms with Crippen LogP contribution < -0.4 is 0 Å². The highest BCUT2D eigenvalue weighted by Crippen LogP contribution is 1.97. The predicted molar refractivity (Wildman–Crippen MR) is 51.5 cm³/mol. The molecule has 2 aromatic rings. The van der Waals surface area contributed by atoms with Crippen molar-refractivity contribution < 1.29 is 0 Å². The molecule has 0 aliphatic rings. The summed E-state index contributed by atoms with van der Waals surface area (Å²) in [6, 6.07) is 1.81. The van der Waals surface area contributed by atoms with E-state index < -0.39 is 0 Å². The Kier molecular flexibility index (Phi) is 2.76. The summed E-state index contributed by atoms with van der Waals surface area (Å²) < 4.78 is 0. The maximum atomic E-state index is 4.18. The molecule has 0 saturated carbocycles. The third kappa shape index (κ3) is 2.32. The molecule has 0 aromatic carbocycles. The summed E-state index contributed by atoms with van der Waals surface area (Å²) in [7, 11) is 0. The van der Waals surface area contributed by atoms with Gasteiger partial charge in [-0.05, 0) is 12.5 Å². The highest BCUT2D eigenvalue weighted by molar-refractivity contribution is 4.98. The maximum Gasteiger partial charge on any atom is 0.128 e. The molecule has 0 bridgehead atoms. The van der Waals surface area contributed by atoms with Gasteiger partial charge >= 0.3 is 0 Å². The van der Waals surface area contributed by atoms with Crippen molar-refractivity contribution in [2.24, 2.45) is 0 Å². The molecule has 2 heterocycles. The Morgan fingerprint density at radius 2 is 1.71 bits per heavy atom. The first kappa shape index (κ1) is 8.74. The smallest absolute Gasteiger partial charge is 0.128 e. The number of nitrogens with zero attached hydrogens (tertiary/aromatic N) is 4. The Morgan fingerprint density at radius 3 is 2.43 bits per heavy atom. The fourth-order valence-electron chi connectivity index (χ4n) is 1.16. The summed E-state index contributed by atoms with van der Waals surface area (Å²) in [6.45, 7) is 0. The van der Waals surface area contributed by atoms with Gasteiger partial charge in [0.1, 0.15) is 5.82 Å². The molecule has 0 unspecified atom stereocenters.